The molecular formula is C14H16N2O2S. The number of amides is 1. The number of aromatic nitrogens is 1. The van der Waals surface area contributed by atoms with Crippen LogP contribution in [0.3, 0.4) is 0 Å². The molecule has 100 valence electrons. The number of carbonyl (C=O) groups excluding carboxylic acids is 1. The highest BCUT2D eigenvalue weighted by Gasteiger charge is 2.20. The number of hydrogen-bond donors (Lipinski definition) is 1. The second-order valence-corrected chi connectivity index (χ2v) is 6.20. The van der Waals surface area contributed by atoms with Crippen molar-refractivity contribution >= 4 is 22.8 Å². The first-order valence-corrected chi connectivity index (χ1v) is 6.78. The molecule has 1 aromatic carbocycles. The lowest BCUT2D eigenvalue weighted by atomic mass is 9.93. The Bertz CT molecular complexity index is 558. The van der Waals surface area contributed by atoms with Gasteiger partial charge in [0.1, 0.15) is 5.76 Å². The van der Waals surface area contributed by atoms with Gasteiger partial charge >= 0.3 is 0 Å². The molecule has 0 atom stereocenters. The molecule has 0 aliphatic rings. The lowest BCUT2D eigenvalue weighted by Gasteiger charge is -2.11. The van der Waals surface area contributed by atoms with Crippen molar-refractivity contribution in [2.45, 2.75) is 31.1 Å². The molecule has 1 aromatic heterocycles. The zero-order valence-corrected chi connectivity index (χ0v) is 12.0. The zero-order valence-electron chi connectivity index (χ0n) is 11.1. The summed E-state index contributed by atoms with van der Waals surface area (Å²) in [5, 5.41) is 6.37. The third kappa shape index (κ3) is 3.86. The van der Waals surface area contributed by atoms with Crippen molar-refractivity contribution in [2.24, 2.45) is 0 Å². The SMILES string of the molecule is CC(C)(C)c1cc(NC(=O)Sc2ccccc2)no1. The Kier molecular flexibility index (Phi) is 3.95. The van der Waals surface area contributed by atoms with E-state index in [0.29, 0.717) is 5.82 Å². The van der Waals surface area contributed by atoms with Crippen LogP contribution in [0.15, 0.2) is 45.8 Å². The van der Waals surface area contributed by atoms with Crippen molar-refractivity contribution in [3.05, 3.63) is 42.2 Å². The molecule has 4 nitrogen and oxygen atoms in total. The zero-order chi connectivity index (χ0) is 13.9. The van der Waals surface area contributed by atoms with Crippen LogP contribution in [0.1, 0.15) is 26.5 Å². The van der Waals surface area contributed by atoms with Crippen LogP contribution in [0, 0.1) is 0 Å². The van der Waals surface area contributed by atoms with Crippen molar-refractivity contribution in [1.29, 1.82) is 0 Å². The minimum atomic E-state index is -0.181. The van der Waals surface area contributed by atoms with Gasteiger partial charge in [0, 0.05) is 16.4 Å². The molecule has 1 amide bonds. The fourth-order valence-electron chi connectivity index (χ4n) is 1.41. The highest BCUT2D eigenvalue weighted by molar-refractivity contribution is 8.13. The van der Waals surface area contributed by atoms with Crippen LogP contribution < -0.4 is 5.32 Å². The number of nitrogens with one attached hydrogen (secondary N) is 1. The second kappa shape index (κ2) is 5.48. The van der Waals surface area contributed by atoms with Crippen LogP contribution >= 0.6 is 11.8 Å². The Morgan fingerprint density at radius 3 is 2.53 bits per heavy atom. The molecule has 0 aliphatic heterocycles. The minimum Gasteiger partial charge on any atom is -0.359 e. The lowest BCUT2D eigenvalue weighted by molar-refractivity contribution is 0.269. The molecule has 0 fully saturated rings. The number of hydrogen-bond acceptors (Lipinski definition) is 4. The summed E-state index contributed by atoms with van der Waals surface area (Å²) < 4.78 is 5.21. The maximum Gasteiger partial charge on any atom is 0.289 e. The first-order chi connectivity index (χ1) is 8.95. The third-order valence-corrected chi connectivity index (χ3v) is 3.23. The average Bonchev–Trinajstić information content (AvgIpc) is 2.78. The summed E-state index contributed by atoms with van der Waals surface area (Å²) in [4.78, 5) is 12.7. The van der Waals surface area contributed by atoms with Gasteiger partial charge in [0.2, 0.25) is 0 Å². The van der Waals surface area contributed by atoms with Gasteiger partial charge in [0.15, 0.2) is 5.82 Å². The largest absolute Gasteiger partial charge is 0.359 e. The summed E-state index contributed by atoms with van der Waals surface area (Å²) in [6, 6.07) is 11.2. The number of anilines is 1. The molecule has 0 saturated heterocycles. The van der Waals surface area contributed by atoms with Gasteiger partial charge in [-0.05, 0) is 23.9 Å². The van der Waals surface area contributed by atoms with E-state index in [1.54, 1.807) is 6.07 Å². The van der Waals surface area contributed by atoms with E-state index in [-0.39, 0.29) is 10.7 Å². The second-order valence-electron chi connectivity index (χ2n) is 5.15. The maximum absolute atomic E-state index is 11.8. The Morgan fingerprint density at radius 2 is 1.95 bits per heavy atom. The van der Waals surface area contributed by atoms with E-state index in [9.17, 15) is 4.79 Å². The van der Waals surface area contributed by atoms with Crippen molar-refractivity contribution in [2.75, 3.05) is 5.32 Å². The van der Waals surface area contributed by atoms with E-state index in [4.69, 9.17) is 4.52 Å². The van der Waals surface area contributed by atoms with E-state index >= 15 is 0 Å². The Balaban J connectivity index is 1.98. The highest BCUT2D eigenvalue weighted by Crippen LogP contribution is 2.25. The van der Waals surface area contributed by atoms with Gasteiger partial charge in [-0.1, -0.05) is 44.1 Å². The fraction of sp³-hybridized carbons (Fsp3) is 0.286. The normalized spacial score (nSPS) is 11.3. The van der Waals surface area contributed by atoms with E-state index in [1.165, 1.54) is 0 Å². The molecule has 1 N–H and O–H groups in total. The van der Waals surface area contributed by atoms with Gasteiger partial charge in [-0.2, -0.15) is 0 Å². The summed E-state index contributed by atoms with van der Waals surface area (Å²) in [5.74, 6) is 1.19. The topological polar surface area (TPSA) is 55.1 Å². The molecule has 0 spiro atoms. The molecule has 0 unspecified atom stereocenters. The van der Waals surface area contributed by atoms with Crippen LogP contribution in [0.25, 0.3) is 0 Å². The Morgan fingerprint density at radius 1 is 1.26 bits per heavy atom. The highest BCUT2D eigenvalue weighted by atomic mass is 32.2. The molecule has 2 aromatic rings. The smallest absolute Gasteiger partial charge is 0.289 e. The molecule has 0 bridgehead atoms. The van der Waals surface area contributed by atoms with E-state index in [1.807, 2.05) is 51.1 Å². The maximum atomic E-state index is 11.8. The number of rotatable bonds is 2. The standard InChI is InChI=1S/C14H16N2O2S/c1-14(2,3)11-9-12(16-18-11)15-13(17)19-10-7-5-4-6-8-10/h4-9H,1-3H3,(H,15,16,17). The number of thioether (sulfide) groups is 1. The van der Waals surface area contributed by atoms with Gasteiger partial charge in [0.25, 0.3) is 5.24 Å². The van der Waals surface area contributed by atoms with E-state index in [2.05, 4.69) is 10.5 Å². The predicted octanol–water partition coefficient (Wildman–Crippen LogP) is 4.30. The molecule has 2 rings (SSSR count). The van der Waals surface area contributed by atoms with Gasteiger partial charge in [-0.15, -0.1) is 0 Å². The van der Waals surface area contributed by atoms with Crippen LogP contribution in [0.4, 0.5) is 10.6 Å². The minimum absolute atomic E-state index is 0.122. The van der Waals surface area contributed by atoms with Crippen LogP contribution in [0.2, 0.25) is 0 Å². The Labute approximate surface area is 116 Å². The summed E-state index contributed by atoms with van der Waals surface area (Å²) in [7, 11) is 0. The summed E-state index contributed by atoms with van der Waals surface area (Å²) in [6.07, 6.45) is 0. The summed E-state index contributed by atoms with van der Waals surface area (Å²) >= 11 is 1.12. The first-order valence-electron chi connectivity index (χ1n) is 5.96. The number of nitrogens with zero attached hydrogens (tertiary/aromatic N) is 1. The summed E-state index contributed by atoms with van der Waals surface area (Å²) in [6.45, 7) is 6.08. The van der Waals surface area contributed by atoms with Gasteiger partial charge in [-0.3, -0.25) is 10.1 Å². The van der Waals surface area contributed by atoms with Crippen LogP contribution in [-0.4, -0.2) is 10.4 Å². The van der Waals surface area contributed by atoms with E-state index < -0.39 is 0 Å². The molecule has 19 heavy (non-hydrogen) atoms. The molecule has 0 aliphatic carbocycles. The van der Waals surface area contributed by atoms with Crippen molar-refractivity contribution in [1.82, 2.24) is 5.16 Å². The van der Waals surface area contributed by atoms with E-state index in [0.717, 1.165) is 22.4 Å². The summed E-state index contributed by atoms with van der Waals surface area (Å²) in [5.41, 5.74) is -0.122. The van der Waals surface area contributed by atoms with Crippen molar-refractivity contribution in [3.8, 4) is 0 Å². The third-order valence-electron chi connectivity index (χ3n) is 2.43. The van der Waals surface area contributed by atoms with Gasteiger partial charge < -0.3 is 4.52 Å². The van der Waals surface area contributed by atoms with Gasteiger partial charge in [-0.25, -0.2) is 0 Å². The number of carbonyl (C=O) groups is 1. The van der Waals surface area contributed by atoms with Crippen molar-refractivity contribution < 1.29 is 9.32 Å². The molecule has 1 heterocycles. The lowest BCUT2D eigenvalue weighted by Crippen LogP contribution is -2.09. The van der Waals surface area contributed by atoms with Crippen LogP contribution in [-0.2, 0) is 5.41 Å². The van der Waals surface area contributed by atoms with Gasteiger partial charge in [0.05, 0.1) is 0 Å². The van der Waals surface area contributed by atoms with Crippen LogP contribution in [0.5, 0.6) is 0 Å². The quantitative estimate of drug-likeness (QED) is 0.831. The predicted molar refractivity (Wildman–Crippen MR) is 76.5 cm³/mol. The molecule has 0 radical (unpaired) electrons. The Hall–Kier alpha value is -1.75. The van der Waals surface area contributed by atoms with Crippen molar-refractivity contribution in [3.63, 3.8) is 0 Å². The average molecular weight is 276 g/mol. The monoisotopic (exact) mass is 276 g/mol. The molecule has 5 heteroatoms. The first kappa shape index (κ1) is 13.7. The molecular weight excluding hydrogens is 260 g/mol. The number of benzene rings is 1. The molecule has 0 saturated carbocycles. The fourth-order valence-corrected chi connectivity index (χ4v) is 2.08.